The number of phenols is 1. The summed E-state index contributed by atoms with van der Waals surface area (Å²) in [5, 5.41) is 18.3. The van der Waals surface area contributed by atoms with Crippen molar-refractivity contribution in [2.75, 3.05) is 10.3 Å². The molecule has 206 valence electrons. The molecule has 0 bridgehead atoms. The molecule has 0 saturated heterocycles. The molecule has 0 aliphatic rings. The number of aromatic nitrogens is 1. The van der Waals surface area contributed by atoms with E-state index in [0.29, 0.717) is 28.9 Å². The third kappa shape index (κ3) is 5.90. The SMILES string of the molecule is CCC(F)(F)c1cccc(NC(=O)C(C)/C(C)=N\N(C=O)c2ccc3ccn(C(=O)c4ccc(O)cc4)c3c2)c1. The van der Waals surface area contributed by atoms with Gasteiger partial charge in [-0.25, -0.2) is 13.8 Å². The van der Waals surface area contributed by atoms with Gasteiger partial charge < -0.3 is 10.4 Å². The largest absolute Gasteiger partial charge is 0.508 e. The van der Waals surface area contributed by atoms with Crippen LogP contribution in [0.2, 0.25) is 0 Å². The Bertz CT molecular complexity index is 1600. The van der Waals surface area contributed by atoms with Crippen molar-refractivity contribution in [1.82, 2.24) is 4.57 Å². The van der Waals surface area contributed by atoms with E-state index in [1.807, 2.05) is 0 Å². The zero-order valence-corrected chi connectivity index (χ0v) is 22.1. The number of phenolic OH excluding ortho intramolecular Hbond substituents is 1. The Balaban J connectivity index is 1.55. The van der Waals surface area contributed by atoms with Crippen LogP contribution in [-0.4, -0.2) is 33.6 Å². The highest BCUT2D eigenvalue weighted by Gasteiger charge is 2.29. The third-order valence-electron chi connectivity index (χ3n) is 6.66. The summed E-state index contributed by atoms with van der Waals surface area (Å²) >= 11 is 0. The molecule has 3 aromatic carbocycles. The van der Waals surface area contributed by atoms with Crippen LogP contribution < -0.4 is 10.3 Å². The summed E-state index contributed by atoms with van der Waals surface area (Å²) in [6, 6.07) is 18.2. The van der Waals surface area contributed by atoms with Gasteiger partial charge in [-0.15, -0.1) is 0 Å². The summed E-state index contributed by atoms with van der Waals surface area (Å²) < 4.78 is 29.6. The van der Waals surface area contributed by atoms with Crippen LogP contribution in [0, 0.1) is 5.92 Å². The van der Waals surface area contributed by atoms with Gasteiger partial charge in [0.25, 0.3) is 11.8 Å². The van der Waals surface area contributed by atoms with Gasteiger partial charge in [0, 0.05) is 40.5 Å². The molecule has 0 aliphatic heterocycles. The molecule has 0 saturated carbocycles. The van der Waals surface area contributed by atoms with Crippen molar-refractivity contribution in [1.29, 1.82) is 0 Å². The summed E-state index contributed by atoms with van der Waals surface area (Å²) in [6.07, 6.45) is 1.73. The molecule has 1 atom stereocenters. The van der Waals surface area contributed by atoms with Gasteiger partial charge in [-0.3, -0.25) is 19.0 Å². The number of aromatic hydroxyl groups is 1. The monoisotopic (exact) mass is 546 g/mol. The summed E-state index contributed by atoms with van der Waals surface area (Å²) in [5.41, 5.74) is 1.60. The zero-order valence-electron chi connectivity index (χ0n) is 22.1. The van der Waals surface area contributed by atoms with Crippen molar-refractivity contribution in [2.24, 2.45) is 11.0 Å². The van der Waals surface area contributed by atoms with E-state index in [-0.39, 0.29) is 29.3 Å². The minimum absolute atomic E-state index is 0.0422. The van der Waals surface area contributed by atoms with Gasteiger partial charge in [0.2, 0.25) is 12.3 Å². The van der Waals surface area contributed by atoms with E-state index < -0.39 is 17.7 Å². The number of hydrogen-bond acceptors (Lipinski definition) is 5. The Morgan fingerprint density at radius 3 is 2.50 bits per heavy atom. The average molecular weight is 547 g/mol. The van der Waals surface area contributed by atoms with Gasteiger partial charge in [-0.05, 0) is 68.4 Å². The number of amides is 2. The van der Waals surface area contributed by atoms with Crippen molar-refractivity contribution >= 4 is 46.2 Å². The molecule has 40 heavy (non-hydrogen) atoms. The number of fused-ring (bicyclic) bond motifs is 1. The second-order valence-corrected chi connectivity index (χ2v) is 9.32. The number of benzene rings is 3. The van der Waals surface area contributed by atoms with E-state index >= 15 is 0 Å². The standard InChI is InChI=1S/C30H28F2N4O4/c1-4-30(31,32)23-6-5-7-24(16-23)33-28(39)19(2)20(3)34-36(18-37)25-11-8-21-14-15-35(27(21)17-25)29(40)22-9-12-26(38)13-10-22/h5-19,38H,4H2,1-3H3,(H,33,39)/b34-20-. The highest BCUT2D eigenvalue weighted by molar-refractivity contribution is 6.09. The highest BCUT2D eigenvalue weighted by Crippen LogP contribution is 2.32. The first kappa shape index (κ1) is 28.2. The van der Waals surface area contributed by atoms with Gasteiger partial charge in [-0.1, -0.05) is 25.1 Å². The molecule has 4 aromatic rings. The number of halogens is 2. The first-order valence-corrected chi connectivity index (χ1v) is 12.6. The van der Waals surface area contributed by atoms with Crippen LogP contribution in [0.5, 0.6) is 5.75 Å². The molecule has 0 spiro atoms. The molecule has 1 heterocycles. The number of anilines is 2. The van der Waals surface area contributed by atoms with E-state index in [2.05, 4.69) is 10.4 Å². The summed E-state index contributed by atoms with van der Waals surface area (Å²) in [7, 11) is 0. The Kier molecular flexibility index (Phi) is 8.08. The maximum Gasteiger partial charge on any atom is 0.273 e. The Labute approximate surface area is 229 Å². The quantitative estimate of drug-likeness (QED) is 0.149. The lowest BCUT2D eigenvalue weighted by atomic mass is 10.0. The molecule has 1 aromatic heterocycles. The molecular formula is C30H28F2N4O4. The number of rotatable bonds is 9. The highest BCUT2D eigenvalue weighted by atomic mass is 19.3. The van der Waals surface area contributed by atoms with Crippen molar-refractivity contribution in [3.63, 3.8) is 0 Å². The molecule has 8 nitrogen and oxygen atoms in total. The van der Waals surface area contributed by atoms with Gasteiger partial charge in [0.05, 0.1) is 17.1 Å². The smallest absolute Gasteiger partial charge is 0.273 e. The second-order valence-electron chi connectivity index (χ2n) is 9.32. The van der Waals surface area contributed by atoms with Crippen molar-refractivity contribution in [3.8, 4) is 5.75 Å². The fraction of sp³-hybridized carbons (Fsp3) is 0.200. The number of nitrogens with zero attached hydrogens (tertiary/aromatic N) is 3. The third-order valence-corrected chi connectivity index (χ3v) is 6.66. The summed E-state index contributed by atoms with van der Waals surface area (Å²) in [4.78, 5) is 37.9. The van der Waals surface area contributed by atoms with Crippen LogP contribution >= 0.6 is 0 Å². The number of alkyl halides is 2. The normalized spacial score (nSPS) is 12.7. The van der Waals surface area contributed by atoms with Crippen LogP contribution in [-0.2, 0) is 15.5 Å². The number of hydrogen-bond donors (Lipinski definition) is 2. The molecular weight excluding hydrogens is 518 g/mol. The molecule has 0 aliphatic carbocycles. The number of carbonyl (C=O) groups is 3. The first-order valence-electron chi connectivity index (χ1n) is 12.6. The Morgan fingerprint density at radius 2 is 1.82 bits per heavy atom. The Morgan fingerprint density at radius 1 is 1.10 bits per heavy atom. The summed E-state index contributed by atoms with van der Waals surface area (Å²) in [6.45, 7) is 4.55. The second kappa shape index (κ2) is 11.5. The van der Waals surface area contributed by atoms with Crippen LogP contribution in [0.25, 0.3) is 10.9 Å². The molecule has 0 radical (unpaired) electrons. The minimum Gasteiger partial charge on any atom is -0.508 e. The number of carbonyl (C=O) groups excluding carboxylic acids is 3. The predicted octanol–water partition coefficient (Wildman–Crippen LogP) is 6.15. The Hall–Kier alpha value is -4.86. The predicted molar refractivity (Wildman–Crippen MR) is 150 cm³/mol. The molecule has 2 N–H and O–H groups in total. The molecule has 1 unspecified atom stereocenters. The number of hydrazone groups is 1. The summed E-state index contributed by atoms with van der Waals surface area (Å²) in [5.74, 6) is -4.56. The van der Waals surface area contributed by atoms with Gasteiger partial charge in [0.1, 0.15) is 5.75 Å². The van der Waals surface area contributed by atoms with Crippen molar-refractivity contribution in [3.05, 3.63) is 90.1 Å². The van der Waals surface area contributed by atoms with Crippen LogP contribution in [0.1, 0.15) is 43.1 Å². The van der Waals surface area contributed by atoms with E-state index in [1.165, 1.54) is 60.0 Å². The van der Waals surface area contributed by atoms with Gasteiger partial charge in [0.15, 0.2) is 0 Å². The van der Waals surface area contributed by atoms with Crippen LogP contribution in [0.15, 0.2) is 84.1 Å². The molecule has 2 amide bonds. The fourth-order valence-electron chi connectivity index (χ4n) is 4.05. The topological polar surface area (TPSA) is 104 Å². The van der Waals surface area contributed by atoms with Crippen molar-refractivity contribution < 1.29 is 28.3 Å². The average Bonchev–Trinajstić information content (AvgIpc) is 3.38. The molecule has 0 fully saturated rings. The first-order chi connectivity index (χ1) is 19.0. The van der Waals surface area contributed by atoms with E-state index in [4.69, 9.17) is 0 Å². The van der Waals surface area contributed by atoms with Gasteiger partial charge >= 0.3 is 0 Å². The maximum absolute atomic E-state index is 14.1. The van der Waals surface area contributed by atoms with Gasteiger partial charge in [-0.2, -0.15) is 5.10 Å². The lowest BCUT2D eigenvalue weighted by molar-refractivity contribution is -0.117. The maximum atomic E-state index is 14.1. The van der Waals surface area contributed by atoms with Crippen LogP contribution in [0.4, 0.5) is 20.2 Å². The van der Waals surface area contributed by atoms with E-state index in [0.717, 1.165) is 10.4 Å². The lowest BCUT2D eigenvalue weighted by Crippen LogP contribution is -2.28. The fourth-order valence-corrected chi connectivity index (χ4v) is 4.05. The number of nitrogens with one attached hydrogen (secondary N) is 1. The van der Waals surface area contributed by atoms with E-state index in [9.17, 15) is 28.3 Å². The van der Waals surface area contributed by atoms with Crippen molar-refractivity contribution in [2.45, 2.75) is 33.1 Å². The molecule has 4 rings (SSSR count). The van der Waals surface area contributed by atoms with Crippen LogP contribution in [0.3, 0.4) is 0 Å². The molecule has 10 heteroatoms. The zero-order chi connectivity index (χ0) is 29.0. The van der Waals surface area contributed by atoms with E-state index in [1.54, 1.807) is 44.3 Å². The minimum atomic E-state index is -3.01. The lowest BCUT2D eigenvalue weighted by Gasteiger charge is -2.18.